The van der Waals surface area contributed by atoms with Gasteiger partial charge in [0.05, 0.1) is 12.7 Å². The molecule has 0 saturated carbocycles. The third-order valence-corrected chi connectivity index (χ3v) is 4.82. The standard InChI is InChI=1S/C23H23NO5/c1-13-8-20-18(12-28-21(20)9-14(13)2)11-22(26)29-16(4)23(27)24-19-7-5-6-17(10-19)15(3)25/h5-10,12,16H,11H2,1-4H3,(H,24,27)/t16-/m0/s1. The molecule has 0 fully saturated rings. The molecule has 0 aliphatic heterocycles. The second-order valence-electron chi connectivity index (χ2n) is 7.13. The Kier molecular flexibility index (Phi) is 5.82. The summed E-state index contributed by atoms with van der Waals surface area (Å²) in [5.74, 6) is -1.09. The van der Waals surface area contributed by atoms with E-state index in [1.165, 1.54) is 13.8 Å². The summed E-state index contributed by atoms with van der Waals surface area (Å²) < 4.78 is 10.8. The SMILES string of the molecule is CC(=O)c1cccc(NC(=O)[C@H](C)OC(=O)Cc2coc3cc(C)c(C)cc23)c1. The predicted molar refractivity (Wildman–Crippen MR) is 110 cm³/mol. The fourth-order valence-electron chi connectivity index (χ4n) is 2.98. The van der Waals surface area contributed by atoms with E-state index in [2.05, 4.69) is 5.32 Å². The fourth-order valence-corrected chi connectivity index (χ4v) is 2.98. The Hall–Kier alpha value is -3.41. The number of furan rings is 1. The summed E-state index contributed by atoms with van der Waals surface area (Å²) in [6, 6.07) is 10.5. The van der Waals surface area contributed by atoms with Crippen LogP contribution in [0.1, 0.15) is 40.9 Å². The summed E-state index contributed by atoms with van der Waals surface area (Å²) in [5, 5.41) is 3.52. The minimum Gasteiger partial charge on any atom is -0.464 e. The highest BCUT2D eigenvalue weighted by atomic mass is 16.5. The summed E-state index contributed by atoms with van der Waals surface area (Å²) in [4.78, 5) is 36.1. The first kappa shape index (κ1) is 20.3. The highest BCUT2D eigenvalue weighted by Crippen LogP contribution is 2.25. The summed E-state index contributed by atoms with van der Waals surface area (Å²) in [6.45, 7) is 6.95. The zero-order valence-electron chi connectivity index (χ0n) is 16.9. The lowest BCUT2D eigenvalue weighted by atomic mass is 10.0. The number of fused-ring (bicyclic) bond motifs is 1. The molecular weight excluding hydrogens is 370 g/mol. The van der Waals surface area contributed by atoms with E-state index in [9.17, 15) is 14.4 Å². The first-order valence-corrected chi connectivity index (χ1v) is 9.33. The quantitative estimate of drug-likeness (QED) is 0.497. The topological polar surface area (TPSA) is 85.6 Å². The number of carbonyl (C=O) groups excluding carboxylic acids is 3. The van der Waals surface area contributed by atoms with Gasteiger partial charge in [0, 0.05) is 22.2 Å². The molecule has 0 unspecified atom stereocenters. The second kappa shape index (κ2) is 8.31. The van der Waals surface area contributed by atoms with E-state index < -0.39 is 18.0 Å². The highest BCUT2D eigenvalue weighted by molar-refractivity contribution is 5.98. The maximum atomic E-state index is 12.3. The molecule has 0 spiro atoms. The largest absolute Gasteiger partial charge is 0.464 e. The summed E-state index contributed by atoms with van der Waals surface area (Å²) in [5.41, 5.74) is 4.61. The molecule has 0 saturated heterocycles. The van der Waals surface area contributed by atoms with Gasteiger partial charge in [0.1, 0.15) is 5.58 Å². The van der Waals surface area contributed by atoms with Crippen LogP contribution in [0.3, 0.4) is 0 Å². The molecule has 0 radical (unpaired) electrons. The molecule has 0 bridgehead atoms. The zero-order valence-corrected chi connectivity index (χ0v) is 16.9. The molecule has 1 N–H and O–H groups in total. The lowest BCUT2D eigenvalue weighted by Crippen LogP contribution is -2.30. The maximum absolute atomic E-state index is 12.3. The Labute approximate surface area is 168 Å². The Morgan fingerprint density at radius 3 is 2.55 bits per heavy atom. The van der Waals surface area contributed by atoms with Gasteiger partial charge in [-0.3, -0.25) is 14.4 Å². The number of rotatable bonds is 6. The van der Waals surface area contributed by atoms with Crippen LogP contribution in [-0.4, -0.2) is 23.8 Å². The van der Waals surface area contributed by atoms with Gasteiger partial charge >= 0.3 is 5.97 Å². The van der Waals surface area contributed by atoms with Crippen molar-refractivity contribution in [1.82, 2.24) is 0 Å². The Bertz CT molecular complexity index is 1100. The van der Waals surface area contributed by atoms with Crippen LogP contribution in [-0.2, 0) is 20.7 Å². The van der Waals surface area contributed by atoms with Crippen molar-refractivity contribution in [2.75, 3.05) is 5.32 Å². The van der Waals surface area contributed by atoms with Crippen molar-refractivity contribution < 1.29 is 23.5 Å². The van der Waals surface area contributed by atoms with Gasteiger partial charge in [-0.05, 0) is 63.1 Å². The smallest absolute Gasteiger partial charge is 0.311 e. The van der Waals surface area contributed by atoms with Crippen LogP contribution in [0.15, 0.2) is 47.1 Å². The number of hydrogen-bond acceptors (Lipinski definition) is 5. The third-order valence-electron chi connectivity index (χ3n) is 4.82. The van der Waals surface area contributed by atoms with Gasteiger partial charge in [-0.25, -0.2) is 0 Å². The highest BCUT2D eigenvalue weighted by Gasteiger charge is 2.20. The summed E-state index contributed by atoms with van der Waals surface area (Å²) in [6.07, 6.45) is 0.570. The number of aryl methyl sites for hydroxylation is 2. The van der Waals surface area contributed by atoms with Crippen LogP contribution in [0, 0.1) is 13.8 Å². The van der Waals surface area contributed by atoms with Crippen LogP contribution >= 0.6 is 0 Å². The van der Waals surface area contributed by atoms with E-state index >= 15 is 0 Å². The van der Waals surface area contributed by atoms with Crippen molar-refractivity contribution in [3.63, 3.8) is 0 Å². The van der Waals surface area contributed by atoms with Crippen molar-refractivity contribution in [2.45, 2.75) is 40.2 Å². The van der Waals surface area contributed by atoms with Crippen molar-refractivity contribution in [3.05, 3.63) is 64.9 Å². The minimum absolute atomic E-state index is 0.00689. The van der Waals surface area contributed by atoms with Crippen LogP contribution in [0.25, 0.3) is 11.0 Å². The number of benzene rings is 2. The number of esters is 1. The van der Waals surface area contributed by atoms with Crippen LogP contribution in [0.2, 0.25) is 0 Å². The molecule has 6 heteroatoms. The Morgan fingerprint density at radius 2 is 1.83 bits per heavy atom. The molecular formula is C23H23NO5. The average Bonchev–Trinajstić information content (AvgIpc) is 3.03. The summed E-state index contributed by atoms with van der Waals surface area (Å²) >= 11 is 0. The van der Waals surface area contributed by atoms with Gasteiger partial charge in [0.25, 0.3) is 5.91 Å². The van der Waals surface area contributed by atoms with Gasteiger partial charge in [-0.2, -0.15) is 0 Å². The monoisotopic (exact) mass is 393 g/mol. The Balaban J connectivity index is 1.63. The van der Waals surface area contributed by atoms with Crippen molar-refractivity contribution in [2.24, 2.45) is 0 Å². The second-order valence-corrected chi connectivity index (χ2v) is 7.13. The normalized spacial score (nSPS) is 11.9. The average molecular weight is 393 g/mol. The molecule has 0 aliphatic rings. The third kappa shape index (κ3) is 4.71. The van der Waals surface area contributed by atoms with E-state index in [-0.39, 0.29) is 12.2 Å². The number of hydrogen-bond donors (Lipinski definition) is 1. The van der Waals surface area contributed by atoms with Crippen molar-refractivity contribution in [1.29, 1.82) is 0 Å². The molecule has 29 heavy (non-hydrogen) atoms. The van der Waals surface area contributed by atoms with E-state index in [4.69, 9.17) is 9.15 Å². The molecule has 0 aliphatic carbocycles. The van der Waals surface area contributed by atoms with Crippen LogP contribution in [0.5, 0.6) is 0 Å². The molecule has 1 heterocycles. The van der Waals surface area contributed by atoms with Crippen molar-refractivity contribution >= 4 is 34.3 Å². The van der Waals surface area contributed by atoms with Gasteiger partial charge in [-0.1, -0.05) is 12.1 Å². The van der Waals surface area contributed by atoms with E-state index in [0.29, 0.717) is 16.8 Å². The zero-order chi connectivity index (χ0) is 21.1. The van der Waals surface area contributed by atoms with E-state index in [0.717, 1.165) is 22.1 Å². The van der Waals surface area contributed by atoms with Crippen LogP contribution in [0.4, 0.5) is 5.69 Å². The van der Waals surface area contributed by atoms with Gasteiger partial charge in [0.15, 0.2) is 11.9 Å². The Morgan fingerprint density at radius 1 is 1.10 bits per heavy atom. The molecule has 6 nitrogen and oxygen atoms in total. The molecule has 150 valence electrons. The summed E-state index contributed by atoms with van der Waals surface area (Å²) in [7, 11) is 0. The molecule has 1 atom stereocenters. The number of amides is 1. The van der Waals surface area contributed by atoms with Crippen molar-refractivity contribution in [3.8, 4) is 0 Å². The number of ether oxygens (including phenoxy) is 1. The first-order chi connectivity index (χ1) is 13.7. The first-order valence-electron chi connectivity index (χ1n) is 9.33. The molecule has 1 aromatic heterocycles. The van der Waals surface area contributed by atoms with E-state index in [1.54, 1.807) is 30.5 Å². The number of carbonyl (C=O) groups is 3. The lowest BCUT2D eigenvalue weighted by Gasteiger charge is -2.14. The molecule has 1 amide bonds. The number of Topliss-reactive ketones (excluding diaryl/α,β-unsaturated/α-hetero) is 1. The van der Waals surface area contributed by atoms with E-state index in [1.807, 2.05) is 26.0 Å². The van der Waals surface area contributed by atoms with Gasteiger partial charge in [-0.15, -0.1) is 0 Å². The molecule has 3 rings (SSSR count). The van der Waals surface area contributed by atoms with Crippen LogP contribution < -0.4 is 5.32 Å². The van der Waals surface area contributed by atoms with Gasteiger partial charge < -0.3 is 14.5 Å². The predicted octanol–water partition coefficient (Wildman–Crippen LogP) is 4.37. The molecule has 2 aromatic carbocycles. The fraction of sp³-hybridized carbons (Fsp3) is 0.261. The lowest BCUT2D eigenvalue weighted by molar-refractivity contribution is -0.152. The molecule has 3 aromatic rings. The maximum Gasteiger partial charge on any atom is 0.311 e. The minimum atomic E-state index is -0.981. The number of nitrogens with one attached hydrogen (secondary N) is 1. The number of anilines is 1. The van der Waals surface area contributed by atoms with Gasteiger partial charge in [0.2, 0.25) is 0 Å². The number of ketones is 1.